The summed E-state index contributed by atoms with van der Waals surface area (Å²) >= 11 is 0. The van der Waals surface area contributed by atoms with E-state index < -0.39 is 11.9 Å². The quantitative estimate of drug-likeness (QED) is 0.480. The van der Waals surface area contributed by atoms with Gasteiger partial charge in [0.2, 0.25) is 0 Å². The Morgan fingerprint density at radius 3 is 2.79 bits per heavy atom. The summed E-state index contributed by atoms with van der Waals surface area (Å²) in [7, 11) is 1.28. The number of esters is 1. The molecule has 0 radical (unpaired) electrons. The molecule has 0 aliphatic carbocycles. The number of hydrogen-bond acceptors (Lipinski definition) is 5. The number of ketones is 1. The number of Topliss-reactive ketones (excluding diaryl/α,β-unsaturated/α-hetero) is 1. The molecule has 1 aromatic carbocycles. The molecule has 0 aliphatic heterocycles. The van der Waals surface area contributed by atoms with Gasteiger partial charge < -0.3 is 9.15 Å². The molecule has 1 aromatic heterocycles. The van der Waals surface area contributed by atoms with Crippen LogP contribution in [0, 0.1) is 12.8 Å². The number of carbonyl (C=O) groups is 2. The predicted molar refractivity (Wildman–Crippen MR) is 68.9 cm³/mol. The van der Waals surface area contributed by atoms with Crippen LogP contribution in [0.1, 0.15) is 29.6 Å². The summed E-state index contributed by atoms with van der Waals surface area (Å²) in [5.74, 6) is -1.00. The standard InChI is InChI=1S/C14H15NO4/c1-4-10(14(17)18-3)13(16)9-5-6-11-12(7-9)19-8(2)15-11/h5-7,10H,4H2,1-3H3. The van der Waals surface area contributed by atoms with Crippen molar-refractivity contribution in [2.75, 3.05) is 7.11 Å². The van der Waals surface area contributed by atoms with Gasteiger partial charge in [-0.15, -0.1) is 0 Å². The van der Waals surface area contributed by atoms with E-state index in [-0.39, 0.29) is 5.78 Å². The van der Waals surface area contributed by atoms with Gasteiger partial charge in [0.25, 0.3) is 0 Å². The molecule has 0 spiro atoms. The third kappa shape index (κ3) is 2.50. The molecule has 1 atom stereocenters. The summed E-state index contributed by atoms with van der Waals surface area (Å²) in [5.41, 5.74) is 1.67. The molecule has 0 amide bonds. The van der Waals surface area contributed by atoms with Crippen LogP contribution in [0.4, 0.5) is 0 Å². The molecule has 2 rings (SSSR count). The number of benzene rings is 1. The molecule has 5 heteroatoms. The van der Waals surface area contributed by atoms with E-state index in [0.717, 1.165) is 0 Å². The van der Waals surface area contributed by atoms with Gasteiger partial charge in [-0.2, -0.15) is 0 Å². The smallest absolute Gasteiger partial charge is 0.316 e. The largest absolute Gasteiger partial charge is 0.468 e. The van der Waals surface area contributed by atoms with Crippen molar-refractivity contribution in [3.05, 3.63) is 29.7 Å². The molecule has 1 heterocycles. The molecule has 0 saturated carbocycles. The van der Waals surface area contributed by atoms with Crippen molar-refractivity contribution in [1.82, 2.24) is 4.98 Å². The summed E-state index contributed by atoms with van der Waals surface area (Å²) in [6.07, 6.45) is 0.402. The van der Waals surface area contributed by atoms with E-state index in [4.69, 9.17) is 4.42 Å². The number of hydrogen-bond donors (Lipinski definition) is 0. The molecule has 0 bridgehead atoms. The van der Waals surface area contributed by atoms with E-state index in [1.54, 1.807) is 32.0 Å². The zero-order chi connectivity index (χ0) is 14.0. The molecule has 1 unspecified atom stereocenters. The summed E-state index contributed by atoms with van der Waals surface area (Å²) in [5, 5.41) is 0. The Morgan fingerprint density at radius 2 is 2.16 bits per heavy atom. The first kappa shape index (κ1) is 13.3. The Balaban J connectivity index is 2.37. The van der Waals surface area contributed by atoms with E-state index >= 15 is 0 Å². The fraction of sp³-hybridized carbons (Fsp3) is 0.357. The third-order valence-corrected chi connectivity index (χ3v) is 2.99. The fourth-order valence-corrected chi connectivity index (χ4v) is 2.00. The monoisotopic (exact) mass is 261 g/mol. The minimum Gasteiger partial charge on any atom is -0.468 e. The molecule has 0 N–H and O–H groups in total. The molecular formula is C14H15NO4. The maximum Gasteiger partial charge on any atom is 0.316 e. The number of ether oxygens (including phenoxy) is 1. The van der Waals surface area contributed by atoms with Crippen molar-refractivity contribution in [2.45, 2.75) is 20.3 Å². The lowest BCUT2D eigenvalue weighted by Crippen LogP contribution is -2.24. The number of rotatable bonds is 4. The first-order valence-corrected chi connectivity index (χ1v) is 6.06. The molecule has 5 nitrogen and oxygen atoms in total. The normalized spacial score (nSPS) is 12.4. The SMILES string of the molecule is CCC(C(=O)OC)C(=O)c1ccc2nc(C)oc2c1. The van der Waals surface area contributed by atoms with Gasteiger partial charge in [-0.25, -0.2) is 4.98 Å². The highest BCUT2D eigenvalue weighted by Gasteiger charge is 2.27. The Bertz CT molecular complexity index is 629. The van der Waals surface area contributed by atoms with Crippen LogP contribution in [0.15, 0.2) is 22.6 Å². The Morgan fingerprint density at radius 1 is 1.42 bits per heavy atom. The van der Waals surface area contributed by atoms with Gasteiger partial charge in [-0.1, -0.05) is 6.92 Å². The Hall–Kier alpha value is -2.17. The topological polar surface area (TPSA) is 69.4 Å². The fourth-order valence-electron chi connectivity index (χ4n) is 2.00. The number of carbonyl (C=O) groups excluding carboxylic acids is 2. The summed E-state index contributed by atoms with van der Waals surface area (Å²) in [6.45, 7) is 3.52. The van der Waals surface area contributed by atoms with Crippen molar-refractivity contribution in [2.24, 2.45) is 5.92 Å². The molecule has 0 saturated heterocycles. The van der Waals surface area contributed by atoms with Crippen LogP contribution in [0.2, 0.25) is 0 Å². The van der Waals surface area contributed by atoms with Gasteiger partial charge in [-0.05, 0) is 24.6 Å². The van der Waals surface area contributed by atoms with Crippen LogP contribution in [-0.2, 0) is 9.53 Å². The Labute approximate surface area is 110 Å². The first-order chi connectivity index (χ1) is 9.06. The second kappa shape index (κ2) is 5.22. The van der Waals surface area contributed by atoms with Crippen LogP contribution in [0.3, 0.4) is 0 Å². The average Bonchev–Trinajstić information content (AvgIpc) is 2.77. The second-order valence-electron chi connectivity index (χ2n) is 4.26. The molecule has 0 aliphatic rings. The zero-order valence-electron chi connectivity index (χ0n) is 11.1. The highest BCUT2D eigenvalue weighted by Crippen LogP contribution is 2.20. The minimum atomic E-state index is -0.772. The molecule has 2 aromatic rings. The molecule has 0 fully saturated rings. The van der Waals surface area contributed by atoms with E-state index in [1.165, 1.54) is 7.11 Å². The van der Waals surface area contributed by atoms with Crippen molar-refractivity contribution in [3.8, 4) is 0 Å². The summed E-state index contributed by atoms with van der Waals surface area (Å²) in [6, 6.07) is 4.98. The maximum atomic E-state index is 12.3. The lowest BCUT2D eigenvalue weighted by molar-refractivity contribution is -0.143. The average molecular weight is 261 g/mol. The van der Waals surface area contributed by atoms with Crippen molar-refractivity contribution >= 4 is 22.9 Å². The van der Waals surface area contributed by atoms with E-state index in [0.29, 0.717) is 29.0 Å². The van der Waals surface area contributed by atoms with Gasteiger partial charge in [0.15, 0.2) is 17.3 Å². The van der Waals surface area contributed by atoms with Crippen molar-refractivity contribution in [3.63, 3.8) is 0 Å². The first-order valence-electron chi connectivity index (χ1n) is 6.06. The van der Waals surface area contributed by atoms with E-state index in [2.05, 4.69) is 9.72 Å². The van der Waals surface area contributed by atoms with Gasteiger partial charge >= 0.3 is 5.97 Å². The van der Waals surface area contributed by atoms with Gasteiger partial charge in [0, 0.05) is 12.5 Å². The number of oxazole rings is 1. The number of nitrogens with zero attached hydrogens (tertiary/aromatic N) is 1. The van der Waals surface area contributed by atoms with E-state index in [9.17, 15) is 9.59 Å². The number of aryl methyl sites for hydroxylation is 1. The van der Waals surface area contributed by atoms with Crippen LogP contribution in [-0.4, -0.2) is 23.8 Å². The molecular weight excluding hydrogens is 246 g/mol. The van der Waals surface area contributed by atoms with Crippen LogP contribution in [0.25, 0.3) is 11.1 Å². The molecule has 100 valence electrons. The van der Waals surface area contributed by atoms with Crippen molar-refractivity contribution < 1.29 is 18.7 Å². The van der Waals surface area contributed by atoms with E-state index in [1.807, 2.05) is 0 Å². The van der Waals surface area contributed by atoms with Gasteiger partial charge in [0.1, 0.15) is 11.4 Å². The minimum absolute atomic E-state index is 0.259. The highest BCUT2D eigenvalue weighted by molar-refractivity contribution is 6.09. The third-order valence-electron chi connectivity index (χ3n) is 2.99. The van der Waals surface area contributed by atoms with Crippen molar-refractivity contribution in [1.29, 1.82) is 0 Å². The lowest BCUT2D eigenvalue weighted by Gasteiger charge is -2.10. The van der Waals surface area contributed by atoms with Gasteiger partial charge in [-0.3, -0.25) is 9.59 Å². The predicted octanol–water partition coefficient (Wildman–Crippen LogP) is 2.52. The van der Waals surface area contributed by atoms with Crippen LogP contribution < -0.4 is 0 Å². The summed E-state index contributed by atoms with van der Waals surface area (Å²) < 4.78 is 10.0. The second-order valence-corrected chi connectivity index (χ2v) is 4.26. The number of methoxy groups -OCH3 is 1. The maximum absolute atomic E-state index is 12.3. The lowest BCUT2D eigenvalue weighted by atomic mass is 9.95. The number of aromatic nitrogens is 1. The van der Waals surface area contributed by atoms with Gasteiger partial charge in [0.05, 0.1) is 7.11 Å². The highest BCUT2D eigenvalue weighted by atomic mass is 16.5. The zero-order valence-corrected chi connectivity index (χ0v) is 11.1. The van der Waals surface area contributed by atoms with Crippen LogP contribution >= 0.6 is 0 Å². The number of fused-ring (bicyclic) bond motifs is 1. The molecule has 19 heavy (non-hydrogen) atoms. The van der Waals surface area contributed by atoms with Crippen LogP contribution in [0.5, 0.6) is 0 Å². The summed E-state index contributed by atoms with van der Waals surface area (Å²) in [4.78, 5) is 28.0. The Kier molecular flexibility index (Phi) is 3.64.